The highest BCUT2D eigenvalue weighted by Crippen LogP contribution is 2.09. The van der Waals surface area contributed by atoms with E-state index in [9.17, 15) is 4.79 Å². The predicted molar refractivity (Wildman–Crippen MR) is 55.6 cm³/mol. The maximum absolute atomic E-state index is 10.7. The zero-order valence-corrected chi connectivity index (χ0v) is 9.24. The van der Waals surface area contributed by atoms with Crippen molar-refractivity contribution in [2.24, 2.45) is 0 Å². The van der Waals surface area contributed by atoms with Gasteiger partial charge in [0.25, 0.3) is 0 Å². The van der Waals surface area contributed by atoms with Crippen LogP contribution in [-0.4, -0.2) is 41.6 Å². The van der Waals surface area contributed by atoms with Crippen LogP contribution in [0.5, 0.6) is 0 Å². The van der Waals surface area contributed by atoms with Gasteiger partial charge in [0.15, 0.2) is 6.29 Å². The van der Waals surface area contributed by atoms with Crippen molar-refractivity contribution < 1.29 is 4.79 Å². The summed E-state index contributed by atoms with van der Waals surface area (Å²) in [4.78, 5) is 12.8. The number of carbonyl (C=O) groups is 1. The molecular formula is C10H17N3O. The topological polar surface area (TPSA) is 38.1 Å². The molecule has 0 atom stereocenters. The molecule has 0 aromatic carbocycles. The Morgan fingerprint density at radius 1 is 1.43 bits per heavy atom. The van der Waals surface area contributed by atoms with Gasteiger partial charge in [0, 0.05) is 12.2 Å². The summed E-state index contributed by atoms with van der Waals surface area (Å²) in [5, 5.41) is 4.31. The van der Waals surface area contributed by atoms with E-state index in [0.717, 1.165) is 36.3 Å². The van der Waals surface area contributed by atoms with E-state index in [4.69, 9.17) is 0 Å². The van der Waals surface area contributed by atoms with Crippen molar-refractivity contribution in [2.45, 2.75) is 20.4 Å². The molecule has 0 unspecified atom stereocenters. The molecule has 0 aliphatic carbocycles. The summed E-state index contributed by atoms with van der Waals surface area (Å²) in [6, 6.07) is 0. The summed E-state index contributed by atoms with van der Waals surface area (Å²) in [6.45, 7) is 5.55. The van der Waals surface area contributed by atoms with Crippen LogP contribution in [0.1, 0.15) is 21.7 Å². The molecule has 0 aliphatic heterocycles. The van der Waals surface area contributed by atoms with Crippen molar-refractivity contribution in [3.63, 3.8) is 0 Å². The SMILES string of the molecule is Cc1nn(CCN(C)C)c(C)c1C=O. The van der Waals surface area contributed by atoms with Crippen LogP contribution in [0.4, 0.5) is 0 Å². The third-order valence-electron chi connectivity index (χ3n) is 2.31. The second-order valence-corrected chi connectivity index (χ2v) is 3.73. The largest absolute Gasteiger partial charge is 0.308 e. The number of aldehydes is 1. The third kappa shape index (κ3) is 2.20. The molecule has 0 saturated heterocycles. The van der Waals surface area contributed by atoms with Crippen LogP contribution in [0.15, 0.2) is 0 Å². The van der Waals surface area contributed by atoms with Gasteiger partial charge in [-0.1, -0.05) is 0 Å². The van der Waals surface area contributed by atoms with Gasteiger partial charge in [-0.2, -0.15) is 5.10 Å². The Kier molecular flexibility index (Phi) is 3.41. The zero-order chi connectivity index (χ0) is 10.7. The third-order valence-corrected chi connectivity index (χ3v) is 2.31. The number of aryl methyl sites for hydroxylation is 1. The van der Waals surface area contributed by atoms with Crippen molar-refractivity contribution in [3.8, 4) is 0 Å². The number of carbonyl (C=O) groups excluding carboxylic acids is 1. The summed E-state index contributed by atoms with van der Waals surface area (Å²) in [6.07, 6.45) is 0.879. The molecule has 78 valence electrons. The highest BCUT2D eigenvalue weighted by atomic mass is 16.1. The van der Waals surface area contributed by atoms with Gasteiger partial charge in [0.05, 0.1) is 17.8 Å². The minimum Gasteiger partial charge on any atom is -0.308 e. The zero-order valence-electron chi connectivity index (χ0n) is 9.24. The quantitative estimate of drug-likeness (QED) is 0.669. The number of hydrogen-bond acceptors (Lipinski definition) is 3. The van der Waals surface area contributed by atoms with Gasteiger partial charge in [0.2, 0.25) is 0 Å². The van der Waals surface area contributed by atoms with Crippen molar-refractivity contribution in [2.75, 3.05) is 20.6 Å². The van der Waals surface area contributed by atoms with E-state index in [1.54, 1.807) is 0 Å². The normalized spacial score (nSPS) is 10.9. The molecule has 1 aromatic heterocycles. The van der Waals surface area contributed by atoms with Crippen LogP contribution in [0.3, 0.4) is 0 Å². The average molecular weight is 195 g/mol. The maximum atomic E-state index is 10.7. The lowest BCUT2D eigenvalue weighted by Gasteiger charge is -2.10. The van der Waals surface area contributed by atoms with E-state index in [2.05, 4.69) is 10.00 Å². The lowest BCUT2D eigenvalue weighted by molar-refractivity contribution is 0.112. The van der Waals surface area contributed by atoms with Crippen molar-refractivity contribution >= 4 is 6.29 Å². The van der Waals surface area contributed by atoms with Crippen molar-refractivity contribution in [3.05, 3.63) is 17.0 Å². The van der Waals surface area contributed by atoms with Gasteiger partial charge in [0.1, 0.15) is 0 Å². The second-order valence-electron chi connectivity index (χ2n) is 3.73. The Morgan fingerprint density at radius 2 is 2.07 bits per heavy atom. The van der Waals surface area contributed by atoms with Gasteiger partial charge >= 0.3 is 0 Å². The molecular weight excluding hydrogens is 178 g/mol. The Bertz CT molecular complexity index is 328. The van der Waals surface area contributed by atoms with Crippen LogP contribution in [0.2, 0.25) is 0 Å². The standard InChI is InChI=1S/C10H17N3O/c1-8-10(7-14)9(2)13(11-8)6-5-12(3)4/h7H,5-6H2,1-4H3. The summed E-state index contributed by atoms with van der Waals surface area (Å²) in [5.74, 6) is 0. The molecule has 1 heterocycles. The summed E-state index contributed by atoms with van der Waals surface area (Å²) in [5.41, 5.74) is 2.50. The number of hydrogen-bond donors (Lipinski definition) is 0. The molecule has 0 aliphatic rings. The van der Waals surface area contributed by atoms with Crippen molar-refractivity contribution in [1.82, 2.24) is 14.7 Å². The Morgan fingerprint density at radius 3 is 2.50 bits per heavy atom. The van der Waals surface area contributed by atoms with Crippen LogP contribution >= 0.6 is 0 Å². The molecule has 0 N–H and O–H groups in total. The molecule has 0 fully saturated rings. The molecule has 0 spiro atoms. The van der Waals surface area contributed by atoms with Gasteiger partial charge in [-0.25, -0.2) is 0 Å². The maximum Gasteiger partial charge on any atom is 0.153 e. The van der Waals surface area contributed by atoms with Gasteiger partial charge in [-0.3, -0.25) is 9.48 Å². The average Bonchev–Trinajstić information content (AvgIpc) is 2.38. The number of nitrogens with zero attached hydrogens (tertiary/aromatic N) is 3. The molecule has 0 amide bonds. The first-order valence-electron chi connectivity index (χ1n) is 4.70. The highest BCUT2D eigenvalue weighted by molar-refractivity contribution is 5.77. The molecule has 0 radical (unpaired) electrons. The lowest BCUT2D eigenvalue weighted by Crippen LogP contribution is -2.19. The first-order chi connectivity index (χ1) is 6.56. The smallest absolute Gasteiger partial charge is 0.153 e. The van der Waals surface area contributed by atoms with E-state index in [1.807, 2.05) is 32.6 Å². The van der Waals surface area contributed by atoms with E-state index in [0.29, 0.717) is 0 Å². The van der Waals surface area contributed by atoms with Crippen LogP contribution in [0, 0.1) is 13.8 Å². The fraction of sp³-hybridized carbons (Fsp3) is 0.600. The molecule has 4 nitrogen and oxygen atoms in total. The number of likely N-dealkylation sites (N-methyl/N-ethyl adjacent to an activating group) is 1. The van der Waals surface area contributed by atoms with Gasteiger partial charge in [-0.15, -0.1) is 0 Å². The number of aromatic nitrogens is 2. The fourth-order valence-electron chi connectivity index (χ4n) is 1.39. The number of rotatable bonds is 4. The highest BCUT2D eigenvalue weighted by Gasteiger charge is 2.09. The van der Waals surface area contributed by atoms with E-state index in [-0.39, 0.29) is 0 Å². The molecule has 4 heteroatoms. The summed E-state index contributed by atoms with van der Waals surface area (Å²) in [7, 11) is 4.04. The molecule has 1 aromatic rings. The summed E-state index contributed by atoms with van der Waals surface area (Å²) < 4.78 is 1.89. The van der Waals surface area contributed by atoms with E-state index < -0.39 is 0 Å². The first-order valence-corrected chi connectivity index (χ1v) is 4.70. The van der Waals surface area contributed by atoms with E-state index >= 15 is 0 Å². The minimum absolute atomic E-state index is 0.726. The lowest BCUT2D eigenvalue weighted by atomic mass is 10.2. The second kappa shape index (κ2) is 4.37. The predicted octanol–water partition coefficient (Wildman–Crippen LogP) is 0.874. The van der Waals surface area contributed by atoms with Crippen LogP contribution in [-0.2, 0) is 6.54 Å². The Balaban J connectivity index is 2.83. The fourth-order valence-corrected chi connectivity index (χ4v) is 1.39. The monoisotopic (exact) mass is 195 g/mol. The van der Waals surface area contributed by atoms with Gasteiger partial charge in [-0.05, 0) is 27.9 Å². The Labute approximate surface area is 84.5 Å². The molecule has 0 bridgehead atoms. The van der Waals surface area contributed by atoms with Crippen LogP contribution in [0.25, 0.3) is 0 Å². The Hall–Kier alpha value is -1.16. The van der Waals surface area contributed by atoms with Crippen LogP contribution < -0.4 is 0 Å². The molecule has 14 heavy (non-hydrogen) atoms. The van der Waals surface area contributed by atoms with E-state index in [1.165, 1.54) is 0 Å². The summed E-state index contributed by atoms with van der Waals surface area (Å²) >= 11 is 0. The minimum atomic E-state index is 0.726. The molecule has 1 rings (SSSR count). The van der Waals surface area contributed by atoms with Gasteiger partial charge < -0.3 is 4.90 Å². The van der Waals surface area contributed by atoms with Crippen molar-refractivity contribution in [1.29, 1.82) is 0 Å². The molecule has 0 saturated carbocycles. The first kappa shape index (κ1) is 10.9.